The molecule has 0 heterocycles. The Morgan fingerprint density at radius 1 is 1.36 bits per heavy atom. The van der Waals surface area contributed by atoms with E-state index in [0.29, 0.717) is 13.2 Å². The lowest BCUT2D eigenvalue weighted by Crippen LogP contribution is -2.03. The van der Waals surface area contributed by atoms with Gasteiger partial charge in [-0.3, -0.25) is 4.99 Å². The molecule has 0 fully saturated rings. The smallest absolute Gasteiger partial charge is 0.348 e. The zero-order valence-electron chi connectivity index (χ0n) is 8.99. The molecule has 0 saturated carbocycles. The molecule has 0 aromatic heterocycles. The summed E-state index contributed by atoms with van der Waals surface area (Å²) < 4.78 is 9.71. The van der Waals surface area contributed by atoms with Gasteiger partial charge in [0, 0.05) is 19.8 Å². The minimum Gasteiger partial charge on any atom is -0.465 e. The lowest BCUT2D eigenvalue weighted by Gasteiger charge is -2.00. The van der Waals surface area contributed by atoms with Gasteiger partial charge in [-0.25, -0.2) is 4.79 Å². The number of nitrogens with zero attached hydrogens (tertiary/aromatic N) is 1. The summed E-state index contributed by atoms with van der Waals surface area (Å²) in [6.45, 7) is 4.26. The van der Waals surface area contributed by atoms with E-state index in [-0.39, 0.29) is 0 Å². The second-order valence-corrected chi connectivity index (χ2v) is 2.88. The quantitative estimate of drug-likeness (QED) is 0.339. The van der Waals surface area contributed by atoms with Gasteiger partial charge in [-0.05, 0) is 12.8 Å². The molecule has 0 rings (SSSR count). The van der Waals surface area contributed by atoms with Gasteiger partial charge in [0.25, 0.3) is 0 Å². The first kappa shape index (κ1) is 13.1. The van der Waals surface area contributed by atoms with Crippen molar-refractivity contribution >= 4 is 12.2 Å². The molecule has 0 N–H and O–H groups in total. The molecule has 0 aromatic rings. The number of aliphatic imine (C=N–C) groups is 1. The van der Waals surface area contributed by atoms with Crippen LogP contribution in [0.3, 0.4) is 0 Å². The third-order valence-corrected chi connectivity index (χ3v) is 1.62. The third kappa shape index (κ3) is 9.19. The second-order valence-electron chi connectivity index (χ2n) is 2.88. The van der Waals surface area contributed by atoms with Crippen LogP contribution in [-0.4, -0.2) is 39.1 Å². The van der Waals surface area contributed by atoms with Gasteiger partial charge in [-0.1, -0.05) is 13.3 Å². The normalized spacial score (nSPS) is 10.7. The molecule has 0 unspecified atom stereocenters. The van der Waals surface area contributed by atoms with Crippen molar-refractivity contribution in [3.8, 4) is 0 Å². The average Bonchev–Trinajstić information content (AvgIpc) is 2.21. The number of carbonyl (C=O) groups excluding carboxylic acids is 1. The first-order valence-electron chi connectivity index (χ1n) is 4.96. The summed E-state index contributed by atoms with van der Waals surface area (Å²) in [5.41, 5.74) is 0. The number of methoxy groups -OCH3 is 1. The predicted octanol–water partition coefficient (Wildman–Crippen LogP) is 1.44. The van der Waals surface area contributed by atoms with Gasteiger partial charge in [0.05, 0.1) is 7.11 Å². The third-order valence-electron chi connectivity index (χ3n) is 1.62. The van der Waals surface area contributed by atoms with Gasteiger partial charge >= 0.3 is 5.97 Å². The predicted molar refractivity (Wildman–Crippen MR) is 55.7 cm³/mol. The van der Waals surface area contributed by atoms with Gasteiger partial charge in [0.2, 0.25) is 0 Å². The Labute approximate surface area is 85.3 Å². The molecule has 0 saturated heterocycles. The molecule has 0 atom stereocenters. The molecule has 0 bridgehead atoms. The highest BCUT2D eigenvalue weighted by Gasteiger charge is 1.91. The minimum absolute atomic E-state index is 0.406. The van der Waals surface area contributed by atoms with Crippen molar-refractivity contribution < 1.29 is 14.3 Å². The van der Waals surface area contributed by atoms with E-state index >= 15 is 0 Å². The van der Waals surface area contributed by atoms with Gasteiger partial charge in [0.1, 0.15) is 6.21 Å². The average molecular weight is 201 g/mol. The van der Waals surface area contributed by atoms with E-state index in [1.165, 1.54) is 13.3 Å². The van der Waals surface area contributed by atoms with E-state index in [9.17, 15) is 4.79 Å². The van der Waals surface area contributed by atoms with Crippen LogP contribution in [0.5, 0.6) is 0 Å². The maximum atomic E-state index is 10.6. The SMILES string of the molecule is CCCCOCCCN=CC(=O)OC. The Hall–Kier alpha value is -0.900. The zero-order valence-corrected chi connectivity index (χ0v) is 8.99. The van der Waals surface area contributed by atoms with Crippen molar-refractivity contribution in [2.75, 3.05) is 26.9 Å². The number of esters is 1. The van der Waals surface area contributed by atoms with E-state index in [0.717, 1.165) is 25.9 Å². The molecule has 82 valence electrons. The van der Waals surface area contributed by atoms with Crippen LogP contribution in [-0.2, 0) is 14.3 Å². The maximum absolute atomic E-state index is 10.6. The fraction of sp³-hybridized carbons (Fsp3) is 0.800. The second kappa shape index (κ2) is 10.2. The fourth-order valence-electron chi connectivity index (χ4n) is 0.798. The zero-order chi connectivity index (χ0) is 10.6. The van der Waals surface area contributed by atoms with Crippen molar-refractivity contribution in [2.24, 2.45) is 4.99 Å². The molecular weight excluding hydrogens is 182 g/mol. The minimum atomic E-state index is -0.406. The van der Waals surface area contributed by atoms with Crippen LogP contribution in [0, 0.1) is 0 Å². The Kier molecular flexibility index (Phi) is 9.53. The summed E-state index contributed by atoms with van der Waals surface area (Å²) in [4.78, 5) is 14.5. The summed E-state index contributed by atoms with van der Waals surface area (Å²) in [6, 6.07) is 0. The highest BCUT2D eigenvalue weighted by molar-refractivity contribution is 6.23. The van der Waals surface area contributed by atoms with Crippen LogP contribution in [0.4, 0.5) is 0 Å². The van der Waals surface area contributed by atoms with Gasteiger partial charge in [-0.2, -0.15) is 0 Å². The van der Waals surface area contributed by atoms with Crippen molar-refractivity contribution in [1.82, 2.24) is 0 Å². The number of carbonyl (C=O) groups is 1. The van der Waals surface area contributed by atoms with Crippen LogP contribution in [0.1, 0.15) is 26.2 Å². The molecule has 0 radical (unpaired) electrons. The number of unbranched alkanes of at least 4 members (excludes halogenated alkanes) is 1. The Balaban J connectivity index is 3.13. The summed E-state index contributed by atoms with van der Waals surface area (Å²) in [5.74, 6) is -0.406. The first-order valence-corrected chi connectivity index (χ1v) is 4.96. The lowest BCUT2D eigenvalue weighted by molar-refractivity contribution is -0.132. The highest BCUT2D eigenvalue weighted by Crippen LogP contribution is 1.89. The van der Waals surface area contributed by atoms with Crippen molar-refractivity contribution in [2.45, 2.75) is 26.2 Å². The monoisotopic (exact) mass is 201 g/mol. The lowest BCUT2D eigenvalue weighted by atomic mass is 10.4. The van der Waals surface area contributed by atoms with E-state index in [4.69, 9.17) is 4.74 Å². The number of rotatable bonds is 8. The maximum Gasteiger partial charge on any atom is 0.348 e. The largest absolute Gasteiger partial charge is 0.465 e. The van der Waals surface area contributed by atoms with Crippen LogP contribution in [0.15, 0.2) is 4.99 Å². The first-order chi connectivity index (χ1) is 6.81. The van der Waals surface area contributed by atoms with Crippen molar-refractivity contribution in [1.29, 1.82) is 0 Å². The molecular formula is C10H19NO3. The van der Waals surface area contributed by atoms with Gasteiger partial charge < -0.3 is 9.47 Å². The molecule has 4 nitrogen and oxygen atoms in total. The summed E-state index contributed by atoms with van der Waals surface area (Å²) in [6.07, 6.45) is 4.30. The van der Waals surface area contributed by atoms with Gasteiger partial charge in [-0.15, -0.1) is 0 Å². The van der Waals surface area contributed by atoms with E-state index in [2.05, 4.69) is 16.7 Å². The highest BCUT2D eigenvalue weighted by atomic mass is 16.5. The van der Waals surface area contributed by atoms with Crippen LogP contribution < -0.4 is 0 Å². The molecule has 0 aliphatic rings. The standard InChI is InChI=1S/C10H19NO3/c1-3-4-7-14-8-5-6-11-9-10(12)13-2/h9H,3-8H2,1-2H3. The summed E-state index contributed by atoms with van der Waals surface area (Å²) in [5, 5.41) is 0. The molecule has 14 heavy (non-hydrogen) atoms. The fourth-order valence-corrected chi connectivity index (χ4v) is 0.798. The molecule has 0 amide bonds. The molecule has 0 aromatic carbocycles. The Morgan fingerprint density at radius 2 is 2.07 bits per heavy atom. The van der Waals surface area contributed by atoms with Crippen LogP contribution in [0.2, 0.25) is 0 Å². The van der Waals surface area contributed by atoms with Crippen LogP contribution >= 0.6 is 0 Å². The van der Waals surface area contributed by atoms with Crippen LogP contribution in [0.25, 0.3) is 0 Å². The van der Waals surface area contributed by atoms with Crippen molar-refractivity contribution in [3.05, 3.63) is 0 Å². The van der Waals surface area contributed by atoms with Crippen molar-refractivity contribution in [3.63, 3.8) is 0 Å². The van der Waals surface area contributed by atoms with E-state index < -0.39 is 5.97 Å². The molecule has 0 spiro atoms. The summed E-state index contributed by atoms with van der Waals surface area (Å²) >= 11 is 0. The number of hydrogen-bond acceptors (Lipinski definition) is 4. The van der Waals surface area contributed by atoms with Gasteiger partial charge in [0.15, 0.2) is 0 Å². The number of ether oxygens (including phenoxy) is 2. The Morgan fingerprint density at radius 3 is 2.71 bits per heavy atom. The van der Waals surface area contributed by atoms with E-state index in [1.807, 2.05) is 0 Å². The molecule has 0 aliphatic heterocycles. The Bertz CT molecular complexity index is 169. The topological polar surface area (TPSA) is 47.9 Å². The number of hydrogen-bond donors (Lipinski definition) is 0. The van der Waals surface area contributed by atoms with E-state index in [1.54, 1.807) is 0 Å². The molecule has 4 heteroatoms. The summed E-state index contributed by atoms with van der Waals surface area (Å²) in [7, 11) is 1.34. The molecule has 0 aliphatic carbocycles.